The van der Waals surface area contributed by atoms with Crippen molar-refractivity contribution in [1.82, 2.24) is 9.80 Å². The lowest BCUT2D eigenvalue weighted by molar-refractivity contribution is -0.130. The standard InChI is InChI=1S/C29H36N2O6/c1-30-14-8-4-2-3-5-9-15-34-26-18-31(19-27(26)37-23-11-7-6-10-22(23)29(30)33)28(32)17-21-12-13-24-25(16-21)36-20-35-24/h6-7,10-13,16,26-27H,2-5,8-9,14-15,17-20H2,1H3/t26-,27-/m1/s1. The Bertz CT molecular complexity index is 1110. The zero-order valence-corrected chi connectivity index (χ0v) is 21.5. The Hall–Kier alpha value is -3.26. The summed E-state index contributed by atoms with van der Waals surface area (Å²) in [6, 6.07) is 13.0. The van der Waals surface area contributed by atoms with Gasteiger partial charge in [0, 0.05) is 20.2 Å². The van der Waals surface area contributed by atoms with Crippen molar-refractivity contribution in [2.24, 2.45) is 0 Å². The molecular weight excluding hydrogens is 472 g/mol. The van der Waals surface area contributed by atoms with Crippen LogP contribution in [0.1, 0.15) is 54.4 Å². The van der Waals surface area contributed by atoms with E-state index in [1.807, 2.05) is 54.4 Å². The maximum atomic E-state index is 13.3. The molecule has 0 radical (unpaired) electrons. The molecule has 198 valence electrons. The zero-order chi connectivity index (χ0) is 25.6. The third-order valence-corrected chi connectivity index (χ3v) is 7.32. The quantitative estimate of drug-likeness (QED) is 0.609. The van der Waals surface area contributed by atoms with E-state index in [9.17, 15) is 9.59 Å². The minimum atomic E-state index is -0.354. The Morgan fingerprint density at radius 3 is 2.54 bits per heavy atom. The zero-order valence-electron chi connectivity index (χ0n) is 21.5. The summed E-state index contributed by atoms with van der Waals surface area (Å²) in [6.45, 7) is 2.44. The summed E-state index contributed by atoms with van der Waals surface area (Å²) in [5.41, 5.74) is 1.42. The van der Waals surface area contributed by atoms with E-state index in [0.717, 1.165) is 50.6 Å². The molecule has 1 fully saturated rings. The van der Waals surface area contributed by atoms with Gasteiger partial charge < -0.3 is 28.7 Å². The number of rotatable bonds is 2. The molecule has 2 amide bonds. The highest BCUT2D eigenvalue weighted by Gasteiger charge is 2.38. The van der Waals surface area contributed by atoms with Crippen molar-refractivity contribution in [1.29, 1.82) is 0 Å². The number of nitrogens with zero attached hydrogens (tertiary/aromatic N) is 2. The molecule has 3 heterocycles. The molecule has 37 heavy (non-hydrogen) atoms. The molecule has 8 heteroatoms. The molecule has 0 spiro atoms. The first kappa shape index (κ1) is 25.4. The first-order chi connectivity index (χ1) is 18.1. The van der Waals surface area contributed by atoms with E-state index >= 15 is 0 Å². The lowest BCUT2D eigenvalue weighted by Gasteiger charge is -2.24. The lowest BCUT2D eigenvalue weighted by Crippen LogP contribution is -2.34. The maximum absolute atomic E-state index is 13.3. The van der Waals surface area contributed by atoms with Crippen molar-refractivity contribution in [3.63, 3.8) is 0 Å². The van der Waals surface area contributed by atoms with Crippen LogP contribution < -0.4 is 14.2 Å². The molecule has 2 aromatic carbocycles. The number of para-hydroxylation sites is 1. The molecule has 1 saturated heterocycles. The molecule has 2 aromatic rings. The molecule has 0 saturated carbocycles. The molecule has 5 rings (SSSR count). The van der Waals surface area contributed by atoms with E-state index in [0.29, 0.717) is 42.5 Å². The fraction of sp³-hybridized carbons (Fsp3) is 0.517. The number of hydrogen-bond donors (Lipinski definition) is 0. The Balaban J connectivity index is 1.31. The second-order valence-corrected chi connectivity index (χ2v) is 10.1. The number of hydrogen-bond acceptors (Lipinski definition) is 6. The largest absolute Gasteiger partial charge is 0.485 e. The van der Waals surface area contributed by atoms with Gasteiger partial charge in [0.15, 0.2) is 11.5 Å². The monoisotopic (exact) mass is 508 g/mol. The first-order valence-corrected chi connectivity index (χ1v) is 13.4. The fourth-order valence-corrected chi connectivity index (χ4v) is 5.17. The van der Waals surface area contributed by atoms with E-state index in [1.54, 1.807) is 4.90 Å². The van der Waals surface area contributed by atoms with Crippen LogP contribution in [0, 0.1) is 0 Å². The van der Waals surface area contributed by atoms with Crippen molar-refractivity contribution in [3.8, 4) is 17.2 Å². The topological polar surface area (TPSA) is 77.5 Å². The summed E-state index contributed by atoms with van der Waals surface area (Å²) in [5, 5.41) is 0. The molecule has 0 aromatic heterocycles. The summed E-state index contributed by atoms with van der Waals surface area (Å²) in [5.74, 6) is 1.87. The van der Waals surface area contributed by atoms with Gasteiger partial charge in [0.25, 0.3) is 5.91 Å². The highest BCUT2D eigenvalue weighted by molar-refractivity contribution is 5.96. The molecule has 0 unspecified atom stereocenters. The number of amides is 2. The van der Waals surface area contributed by atoms with Gasteiger partial charge in [-0.3, -0.25) is 9.59 Å². The highest BCUT2D eigenvalue weighted by Crippen LogP contribution is 2.33. The molecule has 3 aliphatic heterocycles. The molecule has 0 N–H and O–H groups in total. The average Bonchev–Trinajstić information content (AvgIpc) is 3.53. The van der Waals surface area contributed by atoms with Crippen LogP contribution in [-0.4, -0.2) is 73.9 Å². The second-order valence-electron chi connectivity index (χ2n) is 10.1. The molecule has 8 nitrogen and oxygen atoms in total. The normalized spacial score (nSPS) is 22.8. The first-order valence-electron chi connectivity index (χ1n) is 13.4. The van der Waals surface area contributed by atoms with E-state index in [1.165, 1.54) is 0 Å². The van der Waals surface area contributed by atoms with Crippen LogP contribution in [0.4, 0.5) is 0 Å². The average molecular weight is 509 g/mol. The predicted octanol–water partition coefficient (Wildman–Crippen LogP) is 4.06. The van der Waals surface area contributed by atoms with Crippen molar-refractivity contribution in [2.75, 3.05) is 40.1 Å². The summed E-state index contributed by atoms with van der Waals surface area (Å²) < 4.78 is 23.5. The smallest absolute Gasteiger partial charge is 0.257 e. The van der Waals surface area contributed by atoms with Crippen LogP contribution in [0.5, 0.6) is 17.2 Å². The number of ether oxygens (including phenoxy) is 4. The molecule has 3 aliphatic rings. The van der Waals surface area contributed by atoms with Gasteiger partial charge in [-0.05, 0) is 42.7 Å². The number of carbonyl (C=O) groups excluding carboxylic acids is 2. The third kappa shape index (κ3) is 6.18. The van der Waals surface area contributed by atoms with E-state index in [4.69, 9.17) is 18.9 Å². The Morgan fingerprint density at radius 1 is 0.892 bits per heavy atom. The van der Waals surface area contributed by atoms with E-state index in [-0.39, 0.29) is 37.2 Å². The highest BCUT2D eigenvalue weighted by atomic mass is 16.7. The number of fused-ring (bicyclic) bond motifs is 3. The van der Waals surface area contributed by atoms with Gasteiger partial charge in [0.2, 0.25) is 12.7 Å². The number of carbonyl (C=O) groups is 2. The summed E-state index contributed by atoms with van der Waals surface area (Å²) in [4.78, 5) is 30.1. The molecule has 0 aliphatic carbocycles. The predicted molar refractivity (Wildman–Crippen MR) is 138 cm³/mol. The van der Waals surface area contributed by atoms with Crippen molar-refractivity contribution < 1.29 is 28.5 Å². The minimum Gasteiger partial charge on any atom is -0.485 e. The number of benzene rings is 2. The van der Waals surface area contributed by atoms with Gasteiger partial charge in [-0.15, -0.1) is 0 Å². The van der Waals surface area contributed by atoms with Crippen molar-refractivity contribution >= 4 is 11.8 Å². The van der Waals surface area contributed by atoms with Crippen LogP contribution in [-0.2, 0) is 16.0 Å². The molecular formula is C29H36N2O6. The SMILES string of the molecule is CN1CCCCCCCCO[C@@H]2CN(C(=O)Cc3ccc4c(c3)OCO4)C[C@H]2Oc2ccccc2C1=O. The fourth-order valence-electron chi connectivity index (χ4n) is 5.17. The van der Waals surface area contributed by atoms with Gasteiger partial charge in [0.05, 0.1) is 25.1 Å². The van der Waals surface area contributed by atoms with Gasteiger partial charge >= 0.3 is 0 Å². The number of likely N-dealkylation sites (tertiary alicyclic amines) is 1. The summed E-state index contributed by atoms with van der Waals surface area (Å²) in [6.07, 6.45) is 6.18. The van der Waals surface area contributed by atoms with Crippen LogP contribution in [0.2, 0.25) is 0 Å². The van der Waals surface area contributed by atoms with Crippen LogP contribution in [0.3, 0.4) is 0 Å². The van der Waals surface area contributed by atoms with Crippen LogP contribution in [0.15, 0.2) is 42.5 Å². The van der Waals surface area contributed by atoms with Crippen LogP contribution in [0.25, 0.3) is 0 Å². The lowest BCUT2D eigenvalue weighted by atomic mass is 10.1. The van der Waals surface area contributed by atoms with Gasteiger partial charge in [-0.1, -0.05) is 43.9 Å². The van der Waals surface area contributed by atoms with Gasteiger partial charge in [-0.2, -0.15) is 0 Å². The Kier molecular flexibility index (Phi) is 8.14. The molecule has 0 bridgehead atoms. The van der Waals surface area contributed by atoms with Gasteiger partial charge in [-0.25, -0.2) is 0 Å². The summed E-state index contributed by atoms with van der Waals surface area (Å²) in [7, 11) is 1.85. The molecule has 2 atom stereocenters. The van der Waals surface area contributed by atoms with E-state index in [2.05, 4.69) is 0 Å². The van der Waals surface area contributed by atoms with E-state index < -0.39 is 0 Å². The summed E-state index contributed by atoms with van der Waals surface area (Å²) >= 11 is 0. The second kappa shape index (κ2) is 11.9. The van der Waals surface area contributed by atoms with Crippen molar-refractivity contribution in [3.05, 3.63) is 53.6 Å². The van der Waals surface area contributed by atoms with Gasteiger partial charge in [0.1, 0.15) is 18.0 Å². The Morgan fingerprint density at radius 2 is 1.65 bits per heavy atom. The van der Waals surface area contributed by atoms with Crippen LogP contribution >= 0.6 is 0 Å². The Labute approximate surface area is 218 Å². The minimum absolute atomic E-state index is 0.00792. The third-order valence-electron chi connectivity index (χ3n) is 7.32. The maximum Gasteiger partial charge on any atom is 0.257 e. The van der Waals surface area contributed by atoms with Crippen molar-refractivity contribution in [2.45, 2.75) is 57.2 Å².